The van der Waals surface area contributed by atoms with Gasteiger partial charge >= 0.3 is 6.09 Å². The van der Waals surface area contributed by atoms with Gasteiger partial charge < -0.3 is 15.0 Å². The summed E-state index contributed by atoms with van der Waals surface area (Å²) in [5.74, 6) is 0.574. The number of aromatic nitrogens is 2. The maximum absolute atomic E-state index is 11.3. The Labute approximate surface area is 108 Å². The third kappa shape index (κ3) is 3.06. The number of halogens is 1. The van der Waals surface area contributed by atoms with E-state index in [1.165, 1.54) is 7.11 Å². The number of hydrogen-bond donors (Lipinski definition) is 1. The summed E-state index contributed by atoms with van der Waals surface area (Å²) in [4.78, 5) is 21.2. The Hall–Kier alpha value is -1.37. The summed E-state index contributed by atoms with van der Waals surface area (Å²) in [5.41, 5.74) is 0. The van der Waals surface area contributed by atoms with Crippen molar-refractivity contribution in [2.75, 3.05) is 25.5 Å². The summed E-state index contributed by atoms with van der Waals surface area (Å²) < 4.78 is 5.51. The molecule has 1 N–H and O–H groups in total. The van der Waals surface area contributed by atoms with E-state index in [1.807, 2.05) is 0 Å². The van der Waals surface area contributed by atoms with Gasteiger partial charge in [0.15, 0.2) is 0 Å². The van der Waals surface area contributed by atoms with Crippen LogP contribution in [0, 0.1) is 0 Å². The van der Waals surface area contributed by atoms with E-state index in [0.717, 1.165) is 10.9 Å². The SMILES string of the molecule is COC(=O)N1CC[C@@H](Nc2ncc(Br)cn2)C1. The van der Waals surface area contributed by atoms with Crippen LogP contribution in [0.3, 0.4) is 0 Å². The second kappa shape index (κ2) is 5.31. The highest BCUT2D eigenvalue weighted by Gasteiger charge is 2.26. The predicted octanol–water partition coefficient (Wildman–Crippen LogP) is 1.49. The third-order valence-electron chi connectivity index (χ3n) is 2.57. The maximum atomic E-state index is 11.3. The highest BCUT2D eigenvalue weighted by molar-refractivity contribution is 9.10. The van der Waals surface area contributed by atoms with Crippen LogP contribution in [0.4, 0.5) is 10.7 Å². The van der Waals surface area contributed by atoms with Gasteiger partial charge in [0.25, 0.3) is 0 Å². The van der Waals surface area contributed by atoms with E-state index in [0.29, 0.717) is 19.0 Å². The lowest BCUT2D eigenvalue weighted by atomic mass is 10.3. The number of hydrogen-bond acceptors (Lipinski definition) is 5. The zero-order valence-electron chi connectivity index (χ0n) is 9.39. The minimum Gasteiger partial charge on any atom is -0.453 e. The molecule has 0 unspecified atom stereocenters. The molecule has 1 saturated heterocycles. The number of amides is 1. The van der Waals surface area contributed by atoms with Crippen LogP contribution in [0.15, 0.2) is 16.9 Å². The van der Waals surface area contributed by atoms with Crippen LogP contribution >= 0.6 is 15.9 Å². The molecule has 7 heteroatoms. The summed E-state index contributed by atoms with van der Waals surface area (Å²) in [5, 5.41) is 3.18. The molecule has 1 amide bonds. The molecule has 0 aromatic carbocycles. The van der Waals surface area contributed by atoms with Crippen molar-refractivity contribution in [1.82, 2.24) is 14.9 Å². The van der Waals surface area contributed by atoms with Crippen molar-refractivity contribution in [3.63, 3.8) is 0 Å². The summed E-state index contributed by atoms with van der Waals surface area (Å²) in [6, 6.07) is 0.176. The zero-order valence-corrected chi connectivity index (χ0v) is 11.0. The molecule has 92 valence electrons. The molecular formula is C10H13BrN4O2. The van der Waals surface area contributed by atoms with Gasteiger partial charge in [0.2, 0.25) is 5.95 Å². The molecule has 0 saturated carbocycles. The van der Waals surface area contributed by atoms with Crippen molar-refractivity contribution in [2.24, 2.45) is 0 Å². The van der Waals surface area contributed by atoms with Gasteiger partial charge in [-0.15, -0.1) is 0 Å². The molecule has 0 aliphatic carbocycles. The summed E-state index contributed by atoms with van der Waals surface area (Å²) in [7, 11) is 1.39. The lowest BCUT2D eigenvalue weighted by molar-refractivity contribution is 0.132. The van der Waals surface area contributed by atoms with Crippen molar-refractivity contribution in [2.45, 2.75) is 12.5 Å². The Kier molecular flexibility index (Phi) is 3.78. The average molecular weight is 301 g/mol. The van der Waals surface area contributed by atoms with Gasteiger partial charge in [0.05, 0.1) is 11.6 Å². The van der Waals surface area contributed by atoms with Gasteiger partial charge in [-0.1, -0.05) is 0 Å². The minimum atomic E-state index is -0.286. The number of anilines is 1. The molecule has 1 aromatic rings. The van der Waals surface area contributed by atoms with Gasteiger partial charge in [-0.2, -0.15) is 0 Å². The molecule has 0 radical (unpaired) electrons. The topological polar surface area (TPSA) is 67.3 Å². The number of carbonyl (C=O) groups excluding carboxylic acids is 1. The van der Waals surface area contributed by atoms with Crippen LogP contribution in [-0.2, 0) is 4.74 Å². The molecule has 1 aromatic heterocycles. The number of nitrogens with zero attached hydrogens (tertiary/aromatic N) is 3. The van der Waals surface area contributed by atoms with Crippen LogP contribution in [-0.4, -0.2) is 47.2 Å². The largest absolute Gasteiger partial charge is 0.453 e. The van der Waals surface area contributed by atoms with Crippen molar-refractivity contribution < 1.29 is 9.53 Å². The van der Waals surface area contributed by atoms with E-state index in [9.17, 15) is 4.79 Å². The number of rotatable bonds is 2. The standard InChI is InChI=1S/C10H13BrN4O2/c1-17-10(16)15-3-2-8(6-15)14-9-12-4-7(11)5-13-9/h4-5,8H,2-3,6H2,1H3,(H,12,13,14)/t8-/m1/s1. The number of ether oxygens (including phenoxy) is 1. The quantitative estimate of drug-likeness (QED) is 0.896. The maximum Gasteiger partial charge on any atom is 0.409 e. The second-order valence-electron chi connectivity index (χ2n) is 3.77. The Morgan fingerprint density at radius 3 is 2.94 bits per heavy atom. The lowest BCUT2D eigenvalue weighted by Gasteiger charge is -2.15. The molecule has 0 spiro atoms. The molecule has 17 heavy (non-hydrogen) atoms. The van der Waals surface area contributed by atoms with Crippen molar-refractivity contribution in [1.29, 1.82) is 0 Å². The molecule has 1 aliphatic rings. The highest BCUT2D eigenvalue weighted by atomic mass is 79.9. The molecule has 1 aliphatic heterocycles. The second-order valence-corrected chi connectivity index (χ2v) is 4.69. The summed E-state index contributed by atoms with van der Waals surface area (Å²) >= 11 is 3.27. The van der Waals surface area contributed by atoms with Crippen molar-refractivity contribution in [3.8, 4) is 0 Å². The Bertz CT molecular complexity index is 398. The Morgan fingerprint density at radius 1 is 1.59 bits per heavy atom. The molecule has 2 heterocycles. The summed E-state index contributed by atoms with van der Waals surface area (Å²) in [6.45, 7) is 1.31. The first-order chi connectivity index (χ1) is 8.19. The van der Waals surface area contributed by atoms with Crippen molar-refractivity contribution >= 4 is 28.0 Å². The summed E-state index contributed by atoms with van der Waals surface area (Å²) in [6.07, 6.45) is 3.95. The third-order valence-corrected chi connectivity index (χ3v) is 2.98. The first kappa shape index (κ1) is 12.1. The molecule has 0 bridgehead atoms. The van der Waals surface area contributed by atoms with Gasteiger partial charge in [0, 0.05) is 31.5 Å². The highest BCUT2D eigenvalue weighted by Crippen LogP contribution is 2.14. The van der Waals surface area contributed by atoms with Gasteiger partial charge in [-0.3, -0.25) is 0 Å². The fraction of sp³-hybridized carbons (Fsp3) is 0.500. The van der Waals surface area contributed by atoms with Gasteiger partial charge in [-0.25, -0.2) is 14.8 Å². The Balaban J connectivity index is 1.89. The van der Waals surface area contributed by atoms with Gasteiger partial charge in [-0.05, 0) is 22.4 Å². The zero-order chi connectivity index (χ0) is 12.3. The number of nitrogens with one attached hydrogen (secondary N) is 1. The van der Waals surface area contributed by atoms with Crippen LogP contribution in [0.1, 0.15) is 6.42 Å². The monoisotopic (exact) mass is 300 g/mol. The smallest absolute Gasteiger partial charge is 0.409 e. The van der Waals surface area contributed by atoms with E-state index < -0.39 is 0 Å². The van der Waals surface area contributed by atoms with E-state index in [4.69, 9.17) is 0 Å². The normalized spacial score (nSPS) is 19.2. The fourth-order valence-electron chi connectivity index (χ4n) is 1.74. The average Bonchev–Trinajstić information content (AvgIpc) is 2.80. The van der Waals surface area contributed by atoms with Crippen LogP contribution < -0.4 is 5.32 Å². The first-order valence-electron chi connectivity index (χ1n) is 5.26. The number of likely N-dealkylation sites (tertiary alicyclic amines) is 1. The van der Waals surface area contributed by atoms with E-state index in [1.54, 1.807) is 17.3 Å². The fourth-order valence-corrected chi connectivity index (χ4v) is 1.95. The van der Waals surface area contributed by atoms with E-state index >= 15 is 0 Å². The number of carbonyl (C=O) groups is 1. The first-order valence-corrected chi connectivity index (χ1v) is 6.05. The van der Waals surface area contributed by atoms with Crippen LogP contribution in [0.5, 0.6) is 0 Å². The van der Waals surface area contributed by atoms with Crippen LogP contribution in [0.25, 0.3) is 0 Å². The minimum absolute atomic E-state index is 0.176. The molecular weight excluding hydrogens is 288 g/mol. The Morgan fingerprint density at radius 2 is 2.29 bits per heavy atom. The molecule has 1 fully saturated rings. The molecule has 2 rings (SSSR count). The van der Waals surface area contributed by atoms with Gasteiger partial charge in [0.1, 0.15) is 0 Å². The number of methoxy groups -OCH3 is 1. The predicted molar refractivity (Wildman–Crippen MR) is 65.7 cm³/mol. The lowest BCUT2D eigenvalue weighted by Crippen LogP contribution is -2.31. The molecule has 1 atom stereocenters. The van der Waals surface area contributed by atoms with Crippen LogP contribution in [0.2, 0.25) is 0 Å². The molecule has 6 nitrogen and oxygen atoms in total. The van der Waals surface area contributed by atoms with E-state index in [-0.39, 0.29) is 12.1 Å². The van der Waals surface area contributed by atoms with E-state index in [2.05, 4.69) is 36.0 Å². The van der Waals surface area contributed by atoms with Crippen molar-refractivity contribution in [3.05, 3.63) is 16.9 Å².